The van der Waals surface area contributed by atoms with Gasteiger partial charge in [-0.1, -0.05) is 30.3 Å². The van der Waals surface area contributed by atoms with Crippen LogP contribution in [0.4, 0.5) is 11.4 Å². The third-order valence-corrected chi connectivity index (χ3v) is 8.89. The van der Waals surface area contributed by atoms with Crippen molar-refractivity contribution < 1.29 is 43.5 Å². The fraction of sp³-hybridized carbons (Fsp3) is 0.423. The van der Waals surface area contributed by atoms with E-state index in [1.807, 2.05) is 36.4 Å². The van der Waals surface area contributed by atoms with E-state index in [9.17, 15) is 38.9 Å². The number of nitrogens with zero attached hydrogens (tertiary/aromatic N) is 2. The minimum atomic E-state index is -4.55. The van der Waals surface area contributed by atoms with Crippen molar-refractivity contribution in [2.75, 3.05) is 41.8 Å². The number of benzene rings is 2. The number of hydrogen-bond acceptors (Lipinski definition) is 10. The van der Waals surface area contributed by atoms with Crippen molar-refractivity contribution in [3.8, 4) is 0 Å². The molecule has 0 fully saturated rings. The first-order valence-corrected chi connectivity index (χ1v) is 17.3. The van der Waals surface area contributed by atoms with Crippen molar-refractivity contribution in [1.29, 1.82) is 0 Å². The van der Waals surface area contributed by atoms with Crippen LogP contribution in [0, 0.1) is 0 Å². The zero-order chi connectivity index (χ0) is 29.8. The van der Waals surface area contributed by atoms with Gasteiger partial charge in [0.25, 0.3) is 0 Å². The van der Waals surface area contributed by atoms with Crippen LogP contribution in [0.15, 0.2) is 54.6 Å². The van der Waals surface area contributed by atoms with E-state index >= 15 is 0 Å². The Kier molecular flexibility index (Phi) is 9.96. The Morgan fingerprint density at radius 1 is 0.750 bits per heavy atom. The summed E-state index contributed by atoms with van der Waals surface area (Å²) >= 11 is 0. The molecule has 0 unspecified atom stereocenters. The van der Waals surface area contributed by atoms with Crippen LogP contribution in [-0.4, -0.2) is 86.1 Å². The van der Waals surface area contributed by atoms with E-state index in [2.05, 4.69) is 18.4 Å². The standard InChI is InChI=1S/C26H34N2O9S3/c1-26(2)23-7-3-4-8-24(23)28(15-5-6-18-38(29,30)31)25(26)14-11-21-9-12-22(13-10-21)27(16-19-39(32,33)34)17-20-40(35,36)37/h3-4,7-14H,5-6,15-20H2,1-2H3,(H2-,29,30,31,32,33,34,35,36,37)/p-2. The van der Waals surface area contributed by atoms with Gasteiger partial charge in [0.1, 0.15) is 6.54 Å². The molecule has 0 amide bonds. The lowest BCUT2D eigenvalue weighted by Crippen LogP contribution is -2.33. The minimum absolute atomic E-state index is 0.251. The van der Waals surface area contributed by atoms with Crippen LogP contribution in [0.25, 0.3) is 6.08 Å². The maximum atomic E-state index is 11.1. The summed E-state index contributed by atoms with van der Waals surface area (Å²) < 4.78 is 102. The highest BCUT2D eigenvalue weighted by Crippen LogP contribution is 2.40. The predicted molar refractivity (Wildman–Crippen MR) is 150 cm³/mol. The lowest BCUT2D eigenvalue weighted by Gasteiger charge is -2.26. The molecule has 2 aromatic rings. The average Bonchev–Trinajstić information content (AvgIpc) is 3.05. The average molecular weight is 613 g/mol. The molecule has 1 heterocycles. The Bertz CT molecular complexity index is 1560. The van der Waals surface area contributed by atoms with Crippen molar-refractivity contribution in [2.45, 2.75) is 32.1 Å². The SMILES string of the molecule is CC1(C)C(/C=C/c2ccc(N(CCS(=O)(=O)[O-])CCS(=O)(=O)[O-])cc2)=[N+](CCCCS(=O)(=O)[O-])c2ccccc21. The van der Waals surface area contributed by atoms with Crippen molar-refractivity contribution in [3.63, 3.8) is 0 Å². The summed E-state index contributed by atoms with van der Waals surface area (Å²) in [4.78, 5) is 1.37. The number of fused-ring (bicyclic) bond motifs is 1. The van der Waals surface area contributed by atoms with Crippen molar-refractivity contribution in [2.24, 2.45) is 0 Å². The summed E-state index contributed by atoms with van der Waals surface area (Å²) in [5.41, 5.74) is 3.98. The maximum absolute atomic E-state index is 11.1. The van der Waals surface area contributed by atoms with Crippen LogP contribution in [0.2, 0.25) is 0 Å². The van der Waals surface area contributed by atoms with Gasteiger partial charge in [-0.2, -0.15) is 4.58 Å². The fourth-order valence-corrected chi connectivity index (χ4v) is 6.16. The lowest BCUT2D eigenvalue weighted by atomic mass is 9.81. The molecule has 11 nitrogen and oxygen atoms in total. The van der Waals surface area contributed by atoms with Gasteiger partial charge >= 0.3 is 0 Å². The van der Waals surface area contributed by atoms with Crippen molar-refractivity contribution in [1.82, 2.24) is 0 Å². The third kappa shape index (κ3) is 9.21. The van der Waals surface area contributed by atoms with Crippen molar-refractivity contribution >= 4 is 53.5 Å². The molecule has 3 rings (SSSR count). The number of rotatable bonds is 14. The van der Waals surface area contributed by atoms with Gasteiger partial charge < -0.3 is 18.6 Å². The van der Waals surface area contributed by atoms with E-state index in [-0.39, 0.29) is 24.9 Å². The number of allylic oxidation sites excluding steroid dienone is 1. The Morgan fingerprint density at radius 3 is 1.85 bits per heavy atom. The van der Waals surface area contributed by atoms with Gasteiger partial charge in [0.15, 0.2) is 5.71 Å². The molecule has 0 N–H and O–H groups in total. The molecule has 1 aliphatic rings. The summed E-state index contributed by atoms with van der Waals surface area (Å²) in [7, 11) is -13.4. The molecule has 1 aliphatic heterocycles. The van der Waals surface area contributed by atoms with Gasteiger partial charge in [-0.15, -0.1) is 0 Å². The molecule has 0 aliphatic carbocycles. The van der Waals surface area contributed by atoms with Gasteiger partial charge in [-0.25, -0.2) is 25.3 Å². The number of anilines is 1. The van der Waals surface area contributed by atoms with Gasteiger partial charge in [0.2, 0.25) is 5.69 Å². The van der Waals surface area contributed by atoms with Crippen LogP contribution < -0.4 is 4.90 Å². The Morgan fingerprint density at radius 2 is 1.30 bits per heavy atom. The van der Waals surface area contributed by atoms with Gasteiger partial charge in [0, 0.05) is 48.7 Å². The molecule has 0 saturated heterocycles. The highest BCUT2D eigenvalue weighted by Gasteiger charge is 2.43. The second-order valence-electron chi connectivity index (χ2n) is 10.1. The number of hydrogen-bond donors (Lipinski definition) is 0. The molecule has 0 saturated carbocycles. The topological polar surface area (TPSA) is 178 Å². The van der Waals surface area contributed by atoms with Gasteiger partial charge in [-0.3, -0.25) is 0 Å². The zero-order valence-corrected chi connectivity index (χ0v) is 24.7. The summed E-state index contributed by atoms with van der Waals surface area (Å²) in [6, 6.07) is 14.7. The van der Waals surface area contributed by atoms with Crippen LogP contribution in [0.3, 0.4) is 0 Å². The molecule has 0 bridgehead atoms. The minimum Gasteiger partial charge on any atom is -0.748 e. The lowest BCUT2D eigenvalue weighted by molar-refractivity contribution is -0.438. The third-order valence-electron chi connectivity index (χ3n) is 6.74. The summed E-state index contributed by atoms with van der Waals surface area (Å²) in [6.07, 6.45) is 4.61. The summed E-state index contributed by atoms with van der Waals surface area (Å²) in [5, 5.41) is 0. The quantitative estimate of drug-likeness (QED) is 0.174. The molecule has 0 atom stereocenters. The fourth-order valence-electron chi connectivity index (χ4n) is 4.72. The Balaban J connectivity index is 1.85. The number of para-hydroxylation sites is 1. The van der Waals surface area contributed by atoms with E-state index in [0.717, 1.165) is 22.5 Å². The van der Waals surface area contributed by atoms with Gasteiger partial charge in [0.05, 0.1) is 47.3 Å². The molecule has 0 aromatic heterocycles. The first kappa shape index (κ1) is 31.9. The largest absolute Gasteiger partial charge is 0.748 e. The van der Waals surface area contributed by atoms with Crippen LogP contribution in [-0.2, 0) is 35.8 Å². The smallest absolute Gasteiger partial charge is 0.209 e. The second-order valence-corrected chi connectivity index (χ2v) is 14.7. The van der Waals surface area contributed by atoms with Gasteiger partial charge in [-0.05, 0) is 44.0 Å². The molecular weight excluding hydrogens is 580 g/mol. The molecule has 2 aromatic carbocycles. The van der Waals surface area contributed by atoms with Crippen LogP contribution in [0.1, 0.15) is 37.8 Å². The maximum Gasteiger partial charge on any atom is 0.209 e. The van der Waals surface area contributed by atoms with E-state index in [4.69, 9.17) is 0 Å². The molecule has 220 valence electrons. The molecule has 40 heavy (non-hydrogen) atoms. The molecule has 0 spiro atoms. The first-order valence-electron chi connectivity index (χ1n) is 12.5. The van der Waals surface area contributed by atoms with Crippen LogP contribution in [0.5, 0.6) is 0 Å². The Hall–Kier alpha value is -2.62. The molecule has 0 radical (unpaired) electrons. The second kappa shape index (κ2) is 12.5. The monoisotopic (exact) mass is 612 g/mol. The highest BCUT2D eigenvalue weighted by molar-refractivity contribution is 7.86. The van der Waals surface area contributed by atoms with Crippen molar-refractivity contribution in [3.05, 3.63) is 65.7 Å². The molecule has 14 heteroatoms. The Labute approximate surface area is 236 Å². The summed E-state index contributed by atoms with van der Waals surface area (Å²) in [6.45, 7) is 4.17. The zero-order valence-electron chi connectivity index (χ0n) is 22.2. The summed E-state index contributed by atoms with van der Waals surface area (Å²) in [5.74, 6) is -1.89. The number of unbranched alkanes of at least 4 members (excludes halogenated alkanes) is 1. The predicted octanol–water partition coefficient (Wildman–Crippen LogP) is 2.00. The van der Waals surface area contributed by atoms with E-state index < -0.39 is 47.6 Å². The van der Waals surface area contributed by atoms with E-state index in [0.29, 0.717) is 18.7 Å². The van der Waals surface area contributed by atoms with Crippen LogP contribution >= 0.6 is 0 Å². The van der Waals surface area contributed by atoms with E-state index in [1.165, 1.54) is 4.90 Å². The van der Waals surface area contributed by atoms with E-state index in [1.54, 1.807) is 24.3 Å². The normalized spacial score (nSPS) is 15.5. The first-order chi connectivity index (χ1) is 18.5. The molecular formula is C26H32N2O9S3-2. The highest BCUT2D eigenvalue weighted by atomic mass is 32.2.